The molecule has 0 atom stereocenters. The summed E-state index contributed by atoms with van der Waals surface area (Å²) in [7, 11) is 0. The number of nitrogens with zero attached hydrogens (tertiary/aromatic N) is 2. The van der Waals surface area contributed by atoms with Crippen molar-refractivity contribution >= 4 is 23.0 Å². The molecule has 0 saturated heterocycles. The van der Waals surface area contributed by atoms with Gasteiger partial charge in [0, 0.05) is 12.6 Å². The van der Waals surface area contributed by atoms with Gasteiger partial charge >= 0.3 is 5.97 Å². The highest BCUT2D eigenvalue weighted by atomic mass is 16.6. The molecule has 0 spiro atoms. The fraction of sp³-hybridized carbons (Fsp3) is 0.500. The minimum Gasteiger partial charge on any atom is -0.465 e. The summed E-state index contributed by atoms with van der Waals surface area (Å²) in [5.74, 6) is -0.240. The molecule has 0 amide bonds. The molecular weight excluding hydrogens is 298 g/mol. The Morgan fingerprint density at radius 1 is 1.39 bits per heavy atom. The monoisotopic (exact) mass is 319 g/mol. The van der Waals surface area contributed by atoms with Gasteiger partial charge in [0.2, 0.25) is 0 Å². The maximum Gasteiger partial charge on any atom is 0.311 e. The second kappa shape index (κ2) is 8.13. The Hall–Kier alpha value is -2.62. The maximum absolute atomic E-state index is 11.6. The van der Waals surface area contributed by atoms with E-state index in [2.05, 4.69) is 10.2 Å². The van der Waals surface area contributed by atoms with Crippen LogP contribution in [-0.2, 0) is 9.53 Å². The molecular formula is C16H21N3O4. The number of hydrogen-bond acceptors (Lipinski definition) is 5. The predicted molar refractivity (Wildman–Crippen MR) is 87.5 cm³/mol. The van der Waals surface area contributed by atoms with Crippen LogP contribution in [-0.4, -0.2) is 24.0 Å². The van der Waals surface area contributed by atoms with Crippen molar-refractivity contribution in [2.75, 3.05) is 18.5 Å². The number of nitro benzene ring substituents is 1. The second-order valence-electron chi connectivity index (χ2n) is 6.09. The lowest BCUT2D eigenvalue weighted by atomic mass is 9.97. The van der Waals surface area contributed by atoms with Crippen molar-refractivity contribution < 1.29 is 14.5 Å². The summed E-state index contributed by atoms with van der Waals surface area (Å²) in [5.41, 5.74) is -0.00755. The van der Waals surface area contributed by atoms with Gasteiger partial charge in [0.25, 0.3) is 5.69 Å². The molecule has 1 N–H and O–H groups in total. The number of anilines is 1. The van der Waals surface area contributed by atoms with Crippen molar-refractivity contribution in [2.24, 2.45) is 5.41 Å². The zero-order valence-corrected chi connectivity index (χ0v) is 13.6. The Morgan fingerprint density at radius 2 is 2.09 bits per heavy atom. The molecule has 0 saturated carbocycles. The Labute approximate surface area is 135 Å². The Kier molecular flexibility index (Phi) is 6.51. The van der Waals surface area contributed by atoms with Crippen LogP contribution < -0.4 is 5.32 Å². The Bertz CT molecular complexity index is 615. The lowest BCUT2D eigenvalue weighted by molar-refractivity contribution is -0.383. The van der Waals surface area contributed by atoms with Crippen molar-refractivity contribution in [3.8, 4) is 0 Å². The van der Waals surface area contributed by atoms with Crippen molar-refractivity contribution in [3.63, 3.8) is 0 Å². The number of hydrogen-bond donors (Lipinski definition) is 1. The molecule has 0 heterocycles. The zero-order valence-electron chi connectivity index (χ0n) is 13.6. The van der Waals surface area contributed by atoms with Crippen LogP contribution in [0.3, 0.4) is 0 Å². The van der Waals surface area contributed by atoms with E-state index in [0.717, 1.165) is 0 Å². The van der Waals surface area contributed by atoms with E-state index in [1.54, 1.807) is 20.8 Å². The van der Waals surface area contributed by atoms with Gasteiger partial charge in [-0.3, -0.25) is 14.9 Å². The highest BCUT2D eigenvalue weighted by Crippen LogP contribution is 2.29. The summed E-state index contributed by atoms with van der Waals surface area (Å²) >= 11 is 0. The zero-order chi connectivity index (χ0) is 17.5. The highest BCUT2D eigenvalue weighted by molar-refractivity contribution is 5.75. The summed E-state index contributed by atoms with van der Waals surface area (Å²) < 4.78 is 5.14. The minimum atomic E-state index is -0.512. The molecule has 124 valence electrons. The predicted octanol–water partition coefficient (Wildman–Crippen LogP) is 3.93. The van der Waals surface area contributed by atoms with E-state index >= 15 is 0 Å². The van der Waals surface area contributed by atoms with Crippen LogP contribution in [0.25, 0.3) is 4.85 Å². The van der Waals surface area contributed by atoms with Crippen molar-refractivity contribution in [1.29, 1.82) is 0 Å². The first-order valence-corrected chi connectivity index (χ1v) is 7.32. The number of unbranched alkanes of at least 4 members (excludes halogenated alkanes) is 1. The molecule has 0 unspecified atom stereocenters. The van der Waals surface area contributed by atoms with E-state index < -0.39 is 10.3 Å². The first-order chi connectivity index (χ1) is 10.8. The van der Waals surface area contributed by atoms with E-state index in [4.69, 9.17) is 11.3 Å². The van der Waals surface area contributed by atoms with Gasteiger partial charge in [-0.1, -0.05) is 6.07 Å². The summed E-state index contributed by atoms with van der Waals surface area (Å²) in [5, 5.41) is 14.0. The third-order valence-corrected chi connectivity index (χ3v) is 3.04. The molecule has 7 heteroatoms. The number of nitrogens with one attached hydrogen (secondary N) is 1. The SMILES string of the molecule is [C-]#[N+]c1ccc(NCCCCOC(=O)C(C)(C)C)c([N+](=O)[O-])c1. The van der Waals surface area contributed by atoms with Crippen molar-refractivity contribution in [3.05, 3.63) is 39.7 Å². The topological polar surface area (TPSA) is 85.8 Å². The molecule has 0 aliphatic rings. The lowest BCUT2D eigenvalue weighted by Gasteiger charge is -2.16. The average molecular weight is 319 g/mol. The molecule has 0 radical (unpaired) electrons. The van der Waals surface area contributed by atoms with Crippen LogP contribution in [0.15, 0.2) is 18.2 Å². The average Bonchev–Trinajstić information content (AvgIpc) is 2.49. The summed E-state index contributed by atoms with van der Waals surface area (Å²) in [4.78, 5) is 25.2. The van der Waals surface area contributed by atoms with Gasteiger partial charge in [-0.2, -0.15) is 0 Å². The van der Waals surface area contributed by atoms with Crippen molar-refractivity contribution in [2.45, 2.75) is 33.6 Å². The molecule has 1 aromatic carbocycles. The first kappa shape index (κ1) is 18.4. The molecule has 1 rings (SSSR count). The van der Waals surface area contributed by atoms with Gasteiger partial charge < -0.3 is 10.1 Å². The van der Waals surface area contributed by atoms with E-state index in [1.165, 1.54) is 18.2 Å². The number of esters is 1. The van der Waals surface area contributed by atoms with E-state index in [9.17, 15) is 14.9 Å². The number of rotatable bonds is 7. The van der Waals surface area contributed by atoms with Crippen LogP contribution in [0.4, 0.5) is 17.1 Å². The van der Waals surface area contributed by atoms with E-state index in [-0.39, 0.29) is 17.3 Å². The number of nitro groups is 1. The maximum atomic E-state index is 11.6. The van der Waals surface area contributed by atoms with Gasteiger partial charge in [-0.15, -0.1) is 0 Å². The lowest BCUT2D eigenvalue weighted by Crippen LogP contribution is -2.23. The third kappa shape index (κ3) is 5.94. The fourth-order valence-corrected chi connectivity index (χ4v) is 1.72. The van der Waals surface area contributed by atoms with E-state index in [1.807, 2.05) is 0 Å². The van der Waals surface area contributed by atoms with Crippen LogP contribution in [0, 0.1) is 22.1 Å². The highest BCUT2D eigenvalue weighted by Gasteiger charge is 2.22. The number of carbonyl (C=O) groups excluding carboxylic acids is 1. The van der Waals surface area contributed by atoms with Gasteiger partial charge in [0.05, 0.1) is 23.5 Å². The third-order valence-electron chi connectivity index (χ3n) is 3.04. The minimum absolute atomic E-state index is 0.113. The molecule has 1 aromatic rings. The van der Waals surface area contributed by atoms with Crippen LogP contribution in [0.1, 0.15) is 33.6 Å². The first-order valence-electron chi connectivity index (χ1n) is 7.32. The van der Waals surface area contributed by atoms with Gasteiger partial charge in [0.1, 0.15) is 5.69 Å². The second-order valence-corrected chi connectivity index (χ2v) is 6.09. The smallest absolute Gasteiger partial charge is 0.311 e. The Morgan fingerprint density at radius 3 is 2.65 bits per heavy atom. The molecule has 0 fully saturated rings. The fourth-order valence-electron chi connectivity index (χ4n) is 1.72. The van der Waals surface area contributed by atoms with Gasteiger partial charge in [-0.05, 0) is 39.7 Å². The standard InChI is InChI=1S/C16H21N3O4/c1-16(2,3)15(20)23-10-6-5-9-18-13-8-7-12(17-4)11-14(13)19(21)22/h7-8,11,18H,5-6,9-10H2,1-3H3. The van der Waals surface area contributed by atoms with Gasteiger partial charge in [-0.25, -0.2) is 4.85 Å². The van der Waals surface area contributed by atoms with Crippen LogP contribution >= 0.6 is 0 Å². The van der Waals surface area contributed by atoms with Crippen LogP contribution in [0.2, 0.25) is 0 Å². The molecule has 23 heavy (non-hydrogen) atoms. The van der Waals surface area contributed by atoms with E-state index in [0.29, 0.717) is 31.7 Å². The van der Waals surface area contributed by atoms with Crippen molar-refractivity contribution in [1.82, 2.24) is 0 Å². The molecule has 7 nitrogen and oxygen atoms in total. The summed E-state index contributed by atoms with van der Waals surface area (Å²) in [6, 6.07) is 4.32. The normalized spacial score (nSPS) is 10.7. The quantitative estimate of drug-likeness (QED) is 0.270. The molecule has 0 aliphatic carbocycles. The molecule has 0 aromatic heterocycles. The Balaban J connectivity index is 2.41. The largest absolute Gasteiger partial charge is 0.465 e. The number of carbonyl (C=O) groups is 1. The van der Waals surface area contributed by atoms with Gasteiger partial charge in [0.15, 0.2) is 5.69 Å². The van der Waals surface area contributed by atoms with Crippen LogP contribution in [0.5, 0.6) is 0 Å². The number of ether oxygens (including phenoxy) is 1. The molecule has 0 bridgehead atoms. The summed E-state index contributed by atoms with van der Waals surface area (Å²) in [6.07, 6.45) is 1.38. The number of benzene rings is 1. The molecule has 0 aliphatic heterocycles. The summed E-state index contributed by atoms with van der Waals surface area (Å²) in [6.45, 7) is 13.1.